The summed E-state index contributed by atoms with van der Waals surface area (Å²) in [7, 11) is 0. The molecule has 0 spiro atoms. The second-order valence-electron chi connectivity index (χ2n) is 8.10. The lowest BCUT2D eigenvalue weighted by Crippen LogP contribution is -2.55. The molecule has 3 aromatic rings. The largest absolute Gasteiger partial charge is 0.479 e. The van der Waals surface area contributed by atoms with Gasteiger partial charge in [0.1, 0.15) is 12.1 Å². The highest BCUT2D eigenvalue weighted by molar-refractivity contribution is 9.10. The molecule has 0 fully saturated rings. The summed E-state index contributed by atoms with van der Waals surface area (Å²) >= 11 is 3.42. The van der Waals surface area contributed by atoms with Gasteiger partial charge < -0.3 is 15.2 Å². The summed E-state index contributed by atoms with van der Waals surface area (Å²) in [6.45, 7) is 0.147. The molecule has 0 saturated carbocycles. The zero-order valence-corrected chi connectivity index (χ0v) is 18.2. The molecule has 3 aromatic carbocycles. The Labute approximate surface area is 188 Å². The predicted molar refractivity (Wildman–Crippen MR) is 120 cm³/mol. The Hall–Kier alpha value is -3.12. The van der Waals surface area contributed by atoms with Gasteiger partial charge in [0, 0.05) is 23.2 Å². The number of alkyl carbamates (subject to hydrolysis) is 1. The van der Waals surface area contributed by atoms with Crippen molar-refractivity contribution in [2.45, 2.75) is 24.3 Å². The number of carboxylic acid groups (broad SMARTS) is 1. The van der Waals surface area contributed by atoms with Crippen LogP contribution in [0, 0.1) is 0 Å². The average molecular weight is 478 g/mol. The third-order valence-electron chi connectivity index (χ3n) is 6.25. The Kier molecular flexibility index (Phi) is 4.82. The number of benzene rings is 3. The number of halogens is 1. The van der Waals surface area contributed by atoms with Crippen molar-refractivity contribution in [3.05, 3.63) is 93.5 Å². The van der Waals surface area contributed by atoms with Crippen LogP contribution < -0.4 is 5.32 Å². The number of hydrogen-bond acceptors (Lipinski definition) is 3. The minimum absolute atomic E-state index is 0.0735. The number of carboxylic acids is 1. The zero-order chi connectivity index (χ0) is 21.6. The predicted octanol–water partition coefficient (Wildman–Crippen LogP) is 4.91. The molecule has 1 unspecified atom stereocenters. The van der Waals surface area contributed by atoms with E-state index in [1.54, 1.807) is 0 Å². The van der Waals surface area contributed by atoms with Crippen LogP contribution in [0.5, 0.6) is 0 Å². The smallest absolute Gasteiger partial charge is 0.408 e. The van der Waals surface area contributed by atoms with Gasteiger partial charge in [-0.3, -0.25) is 0 Å². The molecular weight excluding hydrogens is 458 g/mol. The summed E-state index contributed by atoms with van der Waals surface area (Å²) in [6.07, 6.45) is -0.257. The lowest BCUT2D eigenvalue weighted by molar-refractivity contribution is -0.144. The van der Waals surface area contributed by atoms with Gasteiger partial charge in [0.25, 0.3) is 0 Å². The Bertz CT molecular complexity index is 1160. The van der Waals surface area contributed by atoms with Gasteiger partial charge in [-0.05, 0) is 45.5 Å². The average Bonchev–Trinajstić information content (AvgIpc) is 3.28. The van der Waals surface area contributed by atoms with Crippen molar-refractivity contribution in [2.75, 3.05) is 6.61 Å². The molecule has 156 valence electrons. The molecule has 0 radical (unpaired) electrons. The molecule has 0 heterocycles. The van der Waals surface area contributed by atoms with Crippen LogP contribution in [-0.4, -0.2) is 29.3 Å². The SMILES string of the molecule is O=C(NC1(C(=O)O)Cc2ccc(Br)cc2C1)OCC1c2ccccc2-c2ccccc21. The third-order valence-corrected chi connectivity index (χ3v) is 6.74. The second kappa shape index (κ2) is 7.54. The van der Waals surface area contributed by atoms with Crippen LogP contribution in [-0.2, 0) is 22.4 Å². The number of nitrogens with one attached hydrogen (secondary N) is 1. The van der Waals surface area contributed by atoms with E-state index < -0.39 is 17.6 Å². The van der Waals surface area contributed by atoms with Gasteiger partial charge in [-0.2, -0.15) is 0 Å². The first-order valence-electron chi connectivity index (χ1n) is 10.1. The van der Waals surface area contributed by atoms with Gasteiger partial charge in [-0.25, -0.2) is 9.59 Å². The Balaban J connectivity index is 1.33. The highest BCUT2D eigenvalue weighted by Crippen LogP contribution is 2.44. The van der Waals surface area contributed by atoms with E-state index in [1.165, 1.54) is 0 Å². The monoisotopic (exact) mass is 477 g/mol. The fraction of sp³-hybridized carbons (Fsp3) is 0.200. The molecule has 0 aliphatic heterocycles. The molecule has 0 saturated heterocycles. The van der Waals surface area contributed by atoms with Gasteiger partial charge in [0.2, 0.25) is 0 Å². The van der Waals surface area contributed by atoms with Crippen molar-refractivity contribution in [1.82, 2.24) is 5.32 Å². The molecule has 1 atom stereocenters. The molecule has 2 aliphatic rings. The van der Waals surface area contributed by atoms with Crippen molar-refractivity contribution in [3.63, 3.8) is 0 Å². The number of aliphatic carboxylic acids is 1. The summed E-state index contributed by atoms with van der Waals surface area (Å²) in [4.78, 5) is 24.8. The lowest BCUT2D eigenvalue weighted by Gasteiger charge is -2.25. The van der Waals surface area contributed by atoms with Crippen molar-refractivity contribution < 1.29 is 19.4 Å². The number of ether oxygens (including phenoxy) is 1. The maximum atomic E-state index is 12.7. The van der Waals surface area contributed by atoms with Crippen molar-refractivity contribution >= 4 is 28.0 Å². The molecule has 0 bridgehead atoms. The van der Waals surface area contributed by atoms with Gasteiger partial charge in [0.05, 0.1) is 0 Å². The number of carbonyl (C=O) groups is 2. The van der Waals surface area contributed by atoms with E-state index in [4.69, 9.17) is 4.74 Å². The summed E-state index contributed by atoms with van der Waals surface area (Å²) in [5.74, 6) is -1.14. The first kappa shape index (κ1) is 19.8. The summed E-state index contributed by atoms with van der Waals surface area (Å²) in [6, 6.07) is 21.9. The minimum atomic E-state index is -1.40. The van der Waals surface area contributed by atoms with E-state index in [2.05, 4.69) is 33.4 Å². The third kappa shape index (κ3) is 3.41. The van der Waals surface area contributed by atoms with E-state index in [9.17, 15) is 14.7 Å². The summed E-state index contributed by atoms with van der Waals surface area (Å²) in [5.41, 5.74) is 4.95. The molecule has 6 heteroatoms. The number of amides is 1. The fourth-order valence-electron chi connectivity index (χ4n) is 4.77. The molecule has 31 heavy (non-hydrogen) atoms. The first-order valence-corrected chi connectivity index (χ1v) is 10.9. The minimum Gasteiger partial charge on any atom is -0.479 e. The van der Waals surface area contributed by atoms with Crippen LogP contribution >= 0.6 is 15.9 Å². The lowest BCUT2D eigenvalue weighted by atomic mass is 9.96. The van der Waals surface area contributed by atoms with Crippen molar-refractivity contribution in [3.8, 4) is 11.1 Å². The Morgan fingerprint density at radius 1 is 0.968 bits per heavy atom. The van der Waals surface area contributed by atoms with E-state index in [0.717, 1.165) is 37.9 Å². The van der Waals surface area contributed by atoms with Gasteiger partial charge in [-0.1, -0.05) is 70.5 Å². The standard InChI is InChI=1S/C25H20BrNO4/c26-17-10-9-15-12-25(23(28)29,13-16(15)11-17)27-24(30)31-14-22-20-7-3-1-5-18(20)19-6-2-4-8-21(19)22/h1-11,22H,12-14H2,(H,27,30)(H,28,29). The van der Waals surface area contributed by atoms with Gasteiger partial charge in [0.15, 0.2) is 0 Å². The zero-order valence-electron chi connectivity index (χ0n) is 16.6. The molecule has 1 amide bonds. The molecule has 5 nitrogen and oxygen atoms in total. The normalized spacial score (nSPS) is 18.7. The van der Waals surface area contributed by atoms with Crippen LogP contribution in [0.4, 0.5) is 4.79 Å². The van der Waals surface area contributed by atoms with E-state index in [-0.39, 0.29) is 25.4 Å². The fourth-order valence-corrected chi connectivity index (χ4v) is 5.18. The quantitative estimate of drug-likeness (QED) is 0.559. The highest BCUT2D eigenvalue weighted by atomic mass is 79.9. The highest BCUT2D eigenvalue weighted by Gasteiger charge is 2.46. The summed E-state index contributed by atoms with van der Waals surface area (Å²) < 4.78 is 6.46. The van der Waals surface area contributed by atoms with Crippen molar-refractivity contribution in [2.24, 2.45) is 0 Å². The molecule has 2 aliphatic carbocycles. The first-order chi connectivity index (χ1) is 15.0. The molecule has 2 N–H and O–H groups in total. The molecule has 0 aromatic heterocycles. The van der Waals surface area contributed by atoms with E-state index in [1.807, 2.05) is 54.6 Å². The number of rotatable bonds is 4. The van der Waals surface area contributed by atoms with Crippen molar-refractivity contribution in [1.29, 1.82) is 0 Å². The second-order valence-corrected chi connectivity index (χ2v) is 9.02. The van der Waals surface area contributed by atoms with E-state index in [0.29, 0.717) is 0 Å². The molecule has 5 rings (SSSR count). The topological polar surface area (TPSA) is 75.6 Å². The maximum absolute atomic E-state index is 12.7. The van der Waals surface area contributed by atoms with Gasteiger partial charge in [-0.15, -0.1) is 0 Å². The summed E-state index contributed by atoms with van der Waals surface area (Å²) in [5, 5.41) is 12.6. The number of hydrogen-bond donors (Lipinski definition) is 2. The van der Waals surface area contributed by atoms with Crippen LogP contribution in [0.2, 0.25) is 0 Å². The number of carbonyl (C=O) groups excluding carboxylic acids is 1. The maximum Gasteiger partial charge on any atom is 0.408 e. The van der Waals surface area contributed by atoms with Gasteiger partial charge >= 0.3 is 12.1 Å². The van der Waals surface area contributed by atoms with Crippen LogP contribution in [0.25, 0.3) is 11.1 Å². The Morgan fingerprint density at radius 3 is 2.23 bits per heavy atom. The number of fused-ring (bicyclic) bond motifs is 4. The molecular formula is C25H20BrNO4. The van der Waals surface area contributed by atoms with Crippen LogP contribution in [0.15, 0.2) is 71.2 Å². The van der Waals surface area contributed by atoms with Crippen LogP contribution in [0.3, 0.4) is 0 Å². The van der Waals surface area contributed by atoms with E-state index >= 15 is 0 Å². The van der Waals surface area contributed by atoms with Crippen LogP contribution in [0.1, 0.15) is 28.2 Å². The Morgan fingerprint density at radius 2 is 1.58 bits per heavy atom.